The van der Waals surface area contributed by atoms with Gasteiger partial charge in [0, 0.05) is 11.1 Å². The molecule has 0 heterocycles. The summed E-state index contributed by atoms with van der Waals surface area (Å²) in [5.74, 6) is -1.08. The van der Waals surface area contributed by atoms with Crippen molar-refractivity contribution < 1.29 is 23.9 Å². The van der Waals surface area contributed by atoms with Gasteiger partial charge in [0.25, 0.3) is 0 Å². The van der Waals surface area contributed by atoms with Gasteiger partial charge in [0.15, 0.2) is 6.61 Å². The molecule has 0 aliphatic rings. The van der Waals surface area contributed by atoms with Gasteiger partial charge in [-0.25, -0.2) is 9.59 Å². The second-order valence-electron chi connectivity index (χ2n) is 3.52. The Morgan fingerprint density at radius 2 is 1.89 bits per heavy atom. The molecule has 18 heavy (non-hydrogen) atoms. The van der Waals surface area contributed by atoms with E-state index in [4.69, 9.17) is 4.74 Å². The summed E-state index contributed by atoms with van der Waals surface area (Å²) in [6, 6.07) is 5.97. The lowest BCUT2D eigenvalue weighted by molar-refractivity contribution is -0.150. The Morgan fingerprint density at radius 1 is 1.28 bits per heavy atom. The van der Waals surface area contributed by atoms with E-state index in [1.54, 1.807) is 0 Å². The molecule has 1 aromatic carbocycles. The first-order valence-corrected chi connectivity index (χ1v) is 5.11. The molecule has 0 saturated heterocycles. The molecule has 0 saturated carbocycles. The highest BCUT2D eigenvalue weighted by Crippen LogP contribution is 2.11. The van der Waals surface area contributed by atoms with Gasteiger partial charge in [-0.05, 0) is 31.2 Å². The van der Waals surface area contributed by atoms with Crippen LogP contribution in [-0.4, -0.2) is 24.8 Å². The van der Waals surface area contributed by atoms with Crippen LogP contribution in [0.5, 0.6) is 5.75 Å². The zero-order valence-electron chi connectivity index (χ0n) is 9.84. The van der Waals surface area contributed by atoms with E-state index in [0.29, 0.717) is 11.8 Å². The van der Waals surface area contributed by atoms with E-state index in [0.717, 1.165) is 0 Å². The molecule has 1 aromatic rings. The van der Waals surface area contributed by atoms with Gasteiger partial charge in [0.2, 0.25) is 0 Å². The Labute approximate surface area is 104 Å². The van der Waals surface area contributed by atoms with Crippen LogP contribution in [-0.2, 0) is 14.3 Å². The van der Waals surface area contributed by atoms with Crippen molar-refractivity contribution in [2.45, 2.75) is 6.92 Å². The largest absolute Gasteiger partial charge is 0.450 e. The van der Waals surface area contributed by atoms with Crippen LogP contribution < -0.4 is 4.74 Å². The Kier molecular flexibility index (Phi) is 4.80. The van der Waals surface area contributed by atoms with E-state index in [-0.39, 0.29) is 11.3 Å². The van der Waals surface area contributed by atoms with Gasteiger partial charge in [-0.3, -0.25) is 4.79 Å². The van der Waals surface area contributed by atoms with Crippen LogP contribution in [0.15, 0.2) is 36.4 Å². The number of rotatable bonds is 5. The maximum absolute atomic E-state index is 11.3. The molecule has 0 spiro atoms. The Morgan fingerprint density at radius 3 is 2.39 bits per heavy atom. The SMILES string of the molecule is C=C(C)C(=O)OCC(=O)Oc1ccc(C=O)cc1. The molecule has 5 nitrogen and oxygen atoms in total. The molecule has 0 amide bonds. The molecular weight excluding hydrogens is 236 g/mol. The lowest BCUT2D eigenvalue weighted by Crippen LogP contribution is -2.18. The predicted octanol–water partition coefficient (Wildman–Crippen LogP) is 1.52. The van der Waals surface area contributed by atoms with Gasteiger partial charge >= 0.3 is 11.9 Å². The minimum atomic E-state index is -0.705. The summed E-state index contributed by atoms with van der Waals surface area (Å²) in [6.07, 6.45) is 0.681. The lowest BCUT2D eigenvalue weighted by atomic mass is 10.2. The fourth-order valence-electron chi connectivity index (χ4n) is 1.02. The summed E-state index contributed by atoms with van der Waals surface area (Å²) in [5, 5.41) is 0. The molecule has 0 bridgehead atoms. The Balaban J connectivity index is 2.46. The molecule has 94 valence electrons. The van der Waals surface area contributed by atoms with Crippen LogP contribution in [0.25, 0.3) is 0 Å². The molecule has 5 heteroatoms. The van der Waals surface area contributed by atoms with Crippen LogP contribution in [0.3, 0.4) is 0 Å². The Bertz CT molecular complexity index is 473. The smallest absolute Gasteiger partial charge is 0.349 e. The normalized spacial score (nSPS) is 9.39. The zero-order chi connectivity index (χ0) is 13.5. The summed E-state index contributed by atoms with van der Waals surface area (Å²) in [6.45, 7) is 4.37. The summed E-state index contributed by atoms with van der Waals surface area (Å²) >= 11 is 0. The number of hydrogen-bond acceptors (Lipinski definition) is 5. The van der Waals surface area contributed by atoms with Crippen LogP contribution in [0, 0.1) is 0 Å². The fraction of sp³-hybridized carbons (Fsp3) is 0.154. The van der Waals surface area contributed by atoms with Crippen LogP contribution in [0.2, 0.25) is 0 Å². The first-order chi connectivity index (χ1) is 8.52. The van der Waals surface area contributed by atoms with Crippen LogP contribution >= 0.6 is 0 Å². The topological polar surface area (TPSA) is 69.7 Å². The lowest BCUT2D eigenvalue weighted by Gasteiger charge is -2.05. The van der Waals surface area contributed by atoms with Crippen LogP contribution in [0.1, 0.15) is 17.3 Å². The third-order valence-electron chi connectivity index (χ3n) is 1.92. The third kappa shape index (κ3) is 4.21. The highest BCUT2D eigenvalue weighted by atomic mass is 16.6. The summed E-state index contributed by atoms with van der Waals surface area (Å²) in [7, 11) is 0. The first-order valence-electron chi connectivity index (χ1n) is 5.11. The van der Waals surface area contributed by atoms with E-state index in [2.05, 4.69) is 11.3 Å². The van der Waals surface area contributed by atoms with Crippen molar-refractivity contribution in [1.29, 1.82) is 0 Å². The molecule has 0 aliphatic carbocycles. The standard InChI is InChI=1S/C13H12O5/c1-9(2)13(16)17-8-12(15)18-11-5-3-10(7-14)4-6-11/h3-7H,1,8H2,2H3. The molecule has 0 unspecified atom stereocenters. The van der Waals surface area contributed by atoms with Gasteiger partial charge in [-0.15, -0.1) is 0 Å². The molecule has 1 rings (SSSR count). The number of carbonyl (C=O) groups is 3. The van der Waals surface area contributed by atoms with Crippen molar-refractivity contribution in [3.63, 3.8) is 0 Å². The molecule has 0 fully saturated rings. The summed E-state index contributed by atoms with van der Waals surface area (Å²) in [5.41, 5.74) is 0.682. The van der Waals surface area contributed by atoms with Crippen molar-refractivity contribution in [3.05, 3.63) is 42.0 Å². The number of esters is 2. The zero-order valence-corrected chi connectivity index (χ0v) is 9.84. The highest BCUT2D eigenvalue weighted by Gasteiger charge is 2.09. The second-order valence-corrected chi connectivity index (χ2v) is 3.52. The van der Waals surface area contributed by atoms with Crippen molar-refractivity contribution >= 4 is 18.2 Å². The van der Waals surface area contributed by atoms with E-state index in [1.807, 2.05) is 0 Å². The molecule has 0 aliphatic heterocycles. The number of hydrogen-bond donors (Lipinski definition) is 0. The molecule has 0 radical (unpaired) electrons. The van der Waals surface area contributed by atoms with Crippen molar-refractivity contribution in [2.24, 2.45) is 0 Å². The second kappa shape index (κ2) is 6.34. The van der Waals surface area contributed by atoms with Crippen molar-refractivity contribution in [2.75, 3.05) is 6.61 Å². The van der Waals surface area contributed by atoms with Crippen molar-refractivity contribution in [3.8, 4) is 5.75 Å². The predicted molar refractivity (Wildman–Crippen MR) is 63.2 cm³/mol. The van der Waals surface area contributed by atoms with E-state index in [9.17, 15) is 14.4 Å². The number of aldehydes is 1. The molecule has 0 aromatic heterocycles. The average Bonchev–Trinajstić information content (AvgIpc) is 2.36. The van der Waals surface area contributed by atoms with Gasteiger partial charge in [-0.1, -0.05) is 6.58 Å². The quantitative estimate of drug-likeness (QED) is 0.342. The van der Waals surface area contributed by atoms with Crippen molar-refractivity contribution in [1.82, 2.24) is 0 Å². The van der Waals surface area contributed by atoms with Gasteiger partial charge in [-0.2, -0.15) is 0 Å². The number of ether oxygens (including phenoxy) is 2. The number of carbonyl (C=O) groups excluding carboxylic acids is 3. The fourth-order valence-corrected chi connectivity index (χ4v) is 1.02. The van der Waals surface area contributed by atoms with Gasteiger partial charge < -0.3 is 9.47 Å². The maximum Gasteiger partial charge on any atom is 0.349 e. The number of benzene rings is 1. The molecular formula is C13H12O5. The van der Waals surface area contributed by atoms with E-state index >= 15 is 0 Å². The van der Waals surface area contributed by atoms with E-state index in [1.165, 1.54) is 31.2 Å². The molecule has 0 atom stereocenters. The molecule has 0 N–H and O–H groups in total. The minimum Gasteiger partial charge on any atom is -0.450 e. The van der Waals surface area contributed by atoms with E-state index < -0.39 is 18.5 Å². The monoisotopic (exact) mass is 248 g/mol. The van der Waals surface area contributed by atoms with Gasteiger partial charge in [0.05, 0.1) is 0 Å². The van der Waals surface area contributed by atoms with Gasteiger partial charge in [0.1, 0.15) is 12.0 Å². The minimum absolute atomic E-state index is 0.207. The third-order valence-corrected chi connectivity index (χ3v) is 1.92. The van der Waals surface area contributed by atoms with Crippen LogP contribution in [0.4, 0.5) is 0 Å². The summed E-state index contributed by atoms with van der Waals surface area (Å²) in [4.78, 5) is 32.7. The maximum atomic E-state index is 11.3. The Hall–Kier alpha value is -2.43. The highest BCUT2D eigenvalue weighted by molar-refractivity contribution is 5.88. The average molecular weight is 248 g/mol. The summed E-state index contributed by atoms with van der Waals surface area (Å²) < 4.78 is 9.50. The first kappa shape index (κ1) is 13.6.